The van der Waals surface area contributed by atoms with Crippen molar-refractivity contribution >= 4 is 0 Å². The predicted octanol–water partition coefficient (Wildman–Crippen LogP) is 1.14. The third-order valence-electron chi connectivity index (χ3n) is 3.37. The van der Waals surface area contributed by atoms with Gasteiger partial charge in [0.25, 0.3) is 0 Å². The van der Waals surface area contributed by atoms with Gasteiger partial charge in [-0.05, 0) is 24.8 Å². The molecule has 13 heavy (non-hydrogen) atoms. The van der Waals surface area contributed by atoms with Crippen LogP contribution in [0.1, 0.15) is 13.8 Å². The van der Waals surface area contributed by atoms with Crippen molar-refractivity contribution in [3.8, 4) is 0 Å². The Balaban J connectivity index is 1.83. The Morgan fingerprint density at radius 2 is 1.62 bits per heavy atom. The van der Waals surface area contributed by atoms with Crippen LogP contribution in [-0.4, -0.2) is 49.6 Å². The number of rotatable bonds is 2. The van der Waals surface area contributed by atoms with Crippen LogP contribution < -0.4 is 0 Å². The van der Waals surface area contributed by atoms with Crippen LogP contribution in [0.3, 0.4) is 0 Å². The molecule has 0 N–H and O–H groups in total. The molecule has 76 valence electrons. The Bertz CT molecular complexity index is 165. The molecule has 2 saturated heterocycles. The van der Waals surface area contributed by atoms with E-state index < -0.39 is 0 Å². The molecule has 0 aliphatic carbocycles. The monoisotopic (exact) mass is 182 g/mol. The zero-order chi connectivity index (χ0) is 9.42. The third kappa shape index (κ3) is 2.05. The fraction of sp³-hybridized carbons (Fsp3) is 1.00. The van der Waals surface area contributed by atoms with Gasteiger partial charge in [-0.1, -0.05) is 13.8 Å². The molecule has 2 atom stereocenters. The molecular formula is C11H22N2. The van der Waals surface area contributed by atoms with E-state index in [0.717, 1.165) is 17.8 Å². The van der Waals surface area contributed by atoms with E-state index in [1.54, 1.807) is 0 Å². The molecule has 2 aliphatic rings. The smallest absolute Gasteiger partial charge is 0.00257 e. The second-order valence-corrected chi connectivity index (χ2v) is 5.35. The fourth-order valence-electron chi connectivity index (χ4n) is 2.99. The summed E-state index contributed by atoms with van der Waals surface area (Å²) in [5.41, 5.74) is 0. The lowest BCUT2D eigenvalue weighted by Crippen LogP contribution is -2.29. The van der Waals surface area contributed by atoms with E-state index in [4.69, 9.17) is 0 Å². The van der Waals surface area contributed by atoms with E-state index in [9.17, 15) is 0 Å². The van der Waals surface area contributed by atoms with Crippen molar-refractivity contribution in [3.63, 3.8) is 0 Å². The van der Waals surface area contributed by atoms with Gasteiger partial charge in [0.1, 0.15) is 0 Å². The maximum Gasteiger partial charge on any atom is 0.00257 e. The molecule has 0 amide bonds. The van der Waals surface area contributed by atoms with Crippen LogP contribution in [0.2, 0.25) is 0 Å². The first-order chi connectivity index (χ1) is 6.15. The minimum absolute atomic E-state index is 0.830. The maximum atomic E-state index is 2.66. The molecule has 2 rings (SSSR count). The lowest BCUT2D eigenvalue weighted by atomic mass is 10.0. The standard InChI is InChI=1S/C11H22N2/c1-9(2)4-13-7-10-5-12(3)6-11(10)8-13/h9-11H,4-8H2,1-3H3/t10-,11+. The summed E-state index contributed by atoms with van der Waals surface area (Å²) in [6.45, 7) is 11.3. The van der Waals surface area contributed by atoms with Crippen molar-refractivity contribution in [2.24, 2.45) is 17.8 Å². The third-order valence-corrected chi connectivity index (χ3v) is 3.37. The number of hydrogen-bond acceptors (Lipinski definition) is 2. The van der Waals surface area contributed by atoms with E-state index in [2.05, 4.69) is 30.7 Å². The van der Waals surface area contributed by atoms with Gasteiger partial charge >= 0.3 is 0 Å². The molecule has 0 saturated carbocycles. The molecular weight excluding hydrogens is 160 g/mol. The summed E-state index contributed by atoms with van der Waals surface area (Å²) in [5, 5.41) is 0. The first-order valence-corrected chi connectivity index (χ1v) is 5.56. The van der Waals surface area contributed by atoms with E-state index in [-0.39, 0.29) is 0 Å². The quantitative estimate of drug-likeness (QED) is 0.632. The Kier molecular flexibility index (Phi) is 2.61. The summed E-state index contributed by atoms with van der Waals surface area (Å²) in [4.78, 5) is 5.15. The van der Waals surface area contributed by atoms with Crippen LogP contribution in [0.25, 0.3) is 0 Å². The second kappa shape index (κ2) is 3.58. The highest BCUT2D eigenvalue weighted by Gasteiger charge is 2.38. The minimum Gasteiger partial charge on any atom is -0.306 e. The van der Waals surface area contributed by atoms with Crippen LogP contribution >= 0.6 is 0 Å². The Morgan fingerprint density at radius 1 is 1.08 bits per heavy atom. The largest absolute Gasteiger partial charge is 0.306 e. The number of likely N-dealkylation sites (tertiary alicyclic amines) is 2. The van der Waals surface area contributed by atoms with E-state index >= 15 is 0 Å². The normalized spacial score (nSPS) is 36.0. The van der Waals surface area contributed by atoms with Crippen molar-refractivity contribution in [2.75, 3.05) is 39.8 Å². The molecule has 0 aromatic carbocycles. The Morgan fingerprint density at radius 3 is 2.08 bits per heavy atom. The van der Waals surface area contributed by atoms with Gasteiger partial charge < -0.3 is 9.80 Å². The predicted molar refractivity (Wildman–Crippen MR) is 55.8 cm³/mol. The lowest BCUT2D eigenvalue weighted by molar-refractivity contribution is 0.254. The summed E-state index contributed by atoms with van der Waals surface area (Å²) in [6, 6.07) is 0. The van der Waals surface area contributed by atoms with Gasteiger partial charge in [-0.25, -0.2) is 0 Å². The van der Waals surface area contributed by atoms with E-state index in [0.29, 0.717) is 0 Å². The van der Waals surface area contributed by atoms with Crippen LogP contribution in [-0.2, 0) is 0 Å². The fourth-order valence-corrected chi connectivity index (χ4v) is 2.99. The zero-order valence-corrected chi connectivity index (χ0v) is 9.16. The molecule has 0 radical (unpaired) electrons. The highest BCUT2D eigenvalue weighted by molar-refractivity contribution is 4.91. The van der Waals surface area contributed by atoms with Gasteiger partial charge in [-0.15, -0.1) is 0 Å². The highest BCUT2D eigenvalue weighted by atomic mass is 15.2. The molecule has 2 aliphatic heterocycles. The minimum atomic E-state index is 0.830. The average molecular weight is 182 g/mol. The SMILES string of the molecule is CC(C)CN1C[C@H]2CN(C)C[C@H]2C1. The number of fused-ring (bicyclic) bond motifs is 1. The molecule has 0 spiro atoms. The number of hydrogen-bond donors (Lipinski definition) is 0. The zero-order valence-electron chi connectivity index (χ0n) is 9.16. The van der Waals surface area contributed by atoms with E-state index in [1.165, 1.54) is 32.7 Å². The summed E-state index contributed by atoms with van der Waals surface area (Å²) in [5.74, 6) is 2.78. The topological polar surface area (TPSA) is 6.48 Å². The van der Waals surface area contributed by atoms with E-state index in [1.807, 2.05) is 0 Å². The summed E-state index contributed by atoms with van der Waals surface area (Å²) in [7, 11) is 2.26. The van der Waals surface area contributed by atoms with Gasteiger partial charge in [0, 0.05) is 32.7 Å². The van der Waals surface area contributed by atoms with Crippen molar-refractivity contribution in [2.45, 2.75) is 13.8 Å². The summed E-state index contributed by atoms with van der Waals surface area (Å²) in [6.07, 6.45) is 0. The van der Waals surface area contributed by atoms with Crippen LogP contribution in [0, 0.1) is 17.8 Å². The van der Waals surface area contributed by atoms with Crippen LogP contribution in [0.5, 0.6) is 0 Å². The molecule has 2 nitrogen and oxygen atoms in total. The van der Waals surface area contributed by atoms with Gasteiger partial charge in [-0.2, -0.15) is 0 Å². The van der Waals surface area contributed by atoms with Crippen LogP contribution in [0.4, 0.5) is 0 Å². The van der Waals surface area contributed by atoms with Gasteiger partial charge in [0.05, 0.1) is 0 Å². The Labute approximate surface area is 81.9 Å². The summed E-state index contributed by atoms with van der Waals surface area (Å²) >= 11 is 0. The first kappa shape index (κ1) is 9.47. The molecule has 0 aromatic heterocycles. The molecule has 0 aromatic rings. The van der Waals surface area contributed by atoms with Crippen molar-refractivity contribution in [1.82, 2.24) is 9.80 Å². The van der Waals surface area contributed by atoms with Crippen molar-refractivity contribution in [3.05, 3.63) is 0 Å². The average Bonchev–Trinajstić information content (AvgIpc) is 2.41. The molecule has 0 unspecified atom stereocenters. The van der Waals surface area contributed by atoms with Crippen molar-refractivity contribution < 1.29 is 0 Å². The van der Waals surface area contributed by atoms with Gasteiger partial charge in [0.2, 0.25) is 0 Å². The van der Waals surface area contributed by atoms with Crippen LogP contribution in [0.15, 0.2) is 0 Å². The maximum absolute atomic E-state index is 2.66. The van der Waals surface area contributed by atoms with Gasteiger partial charge in [-0.3, -0.25) is 0 Å². The first-order valence-electron chi connectivity index (χ1n) is 5.56. The molecule has 2 fully saturated rings. The number of nitrogens with zero attached hydrogens (tertiary/aromatic N) is 2. The highest BCUT2D eigenvalue weighted by Crippen LogP contribution is 2.30. The Hall–Kier alpha value is -0.0800. The van der Waals surface area contributed by atoms with Crippen molar-refractivity contribution in [1.29, 1.82) is 0 Å². The summed E-state index contributed by atoms with van der Waals surface area (Å²) < 4.78 is 0. The lowest BCUT2D eigenvalue weighted by Gasteiger charge is -2.20. The molecule has 0 bridgehead atoms. The second-order valence-electron chi connectivity index (χ2n) is 5.35. The molecule has 2 heterocycles. The molecule has 2 heteroatoms. The van der Waals surface area contributed by atoms with Gasteiger partial charge in [0.15, 0.2) is 0 Å².